The molecule has 0 aliphatic rings. The average Bonchev–Trinajstić information content (AvgIpc) is 2.86. The molecule has 0 bridgehead atoms. The molecule has 0 rings (SSSR count). The SMILES string of the molecule is CCCCCCCCCCCCCCCCOC(=O)CCCCCCCCC(=O)OC(C(C)C)C(C)C. The van der Waals surface area contributed by atoms with Crippen LogP contribution in [0, 0.1) is 11.8 Å². The van der Waals surface area contributed by atoms with Gasteiger partial charge in [0.2, 0.25) is 0 Å². The molecular formula is C33H64O4. The van der Waals surface area contributed by atoms with Crippen LogP contribution in [0.1, 0.15) is 176 Å². The second-order valence-electron chi connectivity index (χ2n) is 11.9. The van der Waals surface area contributed by atoms with Gasteiger partial charge in [-0.2, -0.15) is 0 Å². The summed E-state index contributed by atoms with van der Waals surface area (Å²) in [5, 5.41) is 0. The zero-order valence-corrected chi connectivity index (χ0v) is 25.6. The molecule has 4 heteroatoms. The first kappa shape index (κ1) is 35.9. The third kappa shape index (κ3) is 25.0. The van der Waals surface area contributed by atoms with Crippen LogP contribution in [-0.2, 0) is 19.1 Å². The minimum absolute atomic E-state index is 0.0154. The van der Waals surface area contributed by atoms with Crippen LogP contribution in [0.4, 0.5) is 0 Å². The molecule has 0 aromatic rings. The normalized spacial score (nSPS) is 11.6. The van der Waals surface area contributed by atoms with Gasteiger partial charge in [-0.3, -0.25) is 9.59 Å². The van der Waals surface area contributed by atoms with Crippen molar-refractivity contribution in [2.24, 2.45) is 11.8 Å². The van der Waals surface area contributed by atoms with Gasteiger partial charge < -0.3 is 9.47 Å². The van der Waals surface area contributed by atoms with Crippen molar-refractivity contribution in [1.29, 1.82) is 0 Å². The highest BCUT2D eigenvalue weighted by Gasteiger charge is 2.21. The zero-order valence-electron chi connectivity index (χ0n) is 25.6. The van der Waals surface area contributed by atoms with Gasteiger partial charge in [-0.1, -0.05) is 144 Å². The maximum absolute atomic E-state index is 12.0. The lowest BCUT2D eigenvalue weighted by molar-refractivity contribution is -0.154. The molecule has 37 heavy (non-hydrogen) atoms. The molecule has 0 amide bonds. The summed E-state index contributed by atoms with van der Waals surface area (Å²) in [5.74, 6) is 0.612. The number of esters is 2. The van der Waals surface area contributed by atoms with Gasteiger partial charge in [-0.05, 0) is 31.1 Å². The summed E-state index contributed by atoms with van der Waals surface area (Å²) in [6.07, 6.45) is 26.0. The van der Waals surface area contributed by atoms with E-state index in [1.807, 2.05) is 0 Å². The largest absolute Gasteiger partial charge is 0.466 e. The predicted octanol–water partition coefficient (Wildman–Crippen LogP) is 10.4. The van der Waals surface area contributed by atoms with Crippen LogP contribution in [0.3, 0.4) is 0 Å². The highest BCUT2D eigenvalue weighted by atomic mass is 16.5. The van der Waals surface area contributed by atoms with Crippen molar-refractivity contribution in [3.8, 4) is 0 Å². The van der Waals surface area contributed by atoms with Crippen LogP contribution in [0.5, 0.6) is 0 Å². The molecule has 0 heterocycles. The Morgan fingerprint density at radius 1 is 0.486 bits per heavy atom. The molecule has 0 unspecified atom stereocenters. The van der Waals surface area contributed by atoms with Crippen LogP contribution in [0.25, 0.3) is 0 Å². The summed E-state index contributed by atoms with van der Waals surface area (Å²) in [4.78, 5) is 23.9. The highest BCUT2D eigenvalue weighted by molar-refractivity contribution is 5.69. The van der Waals surface area contributed by atoms with E-state index < -0.39 is 0 Å². The van der Waals surface area contributed by atoms with E-state index >= 15 is 0 Å². The van der Waals surface area contributed by atoms with Crippen LogP contribution < -0.4 is 0 Å². The molecule has 0 saturated carbocycles. The van der Waals surface area contributed by atoms with Crippen molar-refractivity contribution < 1.29 is 19.1 Å². The summed E-state index contributed by atoms with van der Waals surface area (Å²) in [6.45, 7) is 11.3. The second kappa shape index (κ2) is 26.5. The Morgan fingerprint density at radius 2 is 0.838 bits per heavy atom. The van der Waals surface area contributed by atoms with Gasteiger partial charge in [-0.15, -0.1) is 0 Å². The minimum atomic E-state index is -0.0612. The molecule has 4 nitrogen and oxygen atoms in total. The fraction of sp³-hybridized carbons (Fsp3) is 0.939. The van der Waals surface area contributed by atoms with Gasteiger partial charge in [0.1, 0.15) is 6.10 Å². The van der Waals surface area contributed by atoms with Crippen LogP contribution in [0.15, 0.2) is 0 Å². The lowest BCUT2D eigenvalue weighted by atomic mass is 9.96. The number of ether oxygens (including phenoxy) is 2. The third-order valence-corrected chi connectivity index (χ3v) is 7.35. The number of carbonyl (C=O) groups is 2. The molecule has 0 aliphatic heterocycles. The Labute approximate surface area is 231 Å². The molecule has 0 atom stereocenters. The molecule has 0 aromatic heterocycles. The summed E-state index contributed by atoms with van der Waals surface area (Å²) < 4.78 is 11.0. The standard InChI is InChI=1S/C33H64O4/c1-6-7-8-9-10-11-12-13-14-15-16-19-22-25-28-36-31(34)26-23-20-17-18-21-24-27-32(35)37-33(29(2)3)30(4)5/h29-30,33H,6-28H2,1-5H3. The van der Waals surface area contributed by atoms with E-state index in [4.69, 9.17) is 9.47 Å². The molecule has 0 aromatic carbocycles. The molecule has 0 spiro atoms. The fourth-order valence-electron chi connectivity index (χ4n) is 5.05. The first-order valence-electron chi connectivity index (χ1n) is 16.2. The first-order chi connectivity index (χ1) is 17.9. The second-order valence-corrected chi connectivity index (χ2v) is 11.9. The zero-order chi connectivity index (χ0) is 27.6. The van der Waals surface area contributed by atoms with Crippen molar-refractivity contribution in [2.75, 3.05) is 6.61 Å². The Bertz CT molecular complexity index is 506. The number of rotatable bonds is 27. The fourth-order valence-corrected chi connectivity index (χ4v) is 5.05. The Kier molecular flexibility index (Phi) is 25.8. The number of hydrogen-bond donors (Lipinski definition) is 0. The van der Waals surface area contributed by atoms with E-state index in [1.54, 1.807) is 0 Å². The van der Waals surface area contributed by atoms with E-state index in [0.717, 1.165) is 44.9 Å². The first-order valence-corrected chi connectivity index (χ1v) is 16.2. The number of unbranched alkanes of at least 4 members (excludes halogenated alkanes) is 18. The maximum Gasteiger partial charge on any atom is 0.306 e. The summed E-state index contributed by atoms with van der Waals surface area (Å²) in [5.41, 5.74) is 0. The Hall–Kier alpha value is -1.06. The smallest absolute Gasteiger partial charge is 0.306 e. The van der Waals surface area contributed by atoms with Gasteiger partial charge in [0, 0.05) is 12.8 Å². The summed E-state index contributed by atoms with van der Waals surface area (Å²) >= 11 is 0. The quantitative estimate of drug-likeness (QED) is 0.0792. The Morgan fingerprint density at radius 3 is 1.24 bits per heavy atom. The summed E-state index contributed by atoms with van der Waals surface area (Å²) in [7, 11) is 0. The molecule has 0 N–H and O–H groups in total. The predicted molar refractivity (Wildman–Crippen MR) is 158 cm³/mol. The van der Waals surface area contributed by atoms with Gasteiger partial charge in [0.15, 0.2) is 0 Å². The van der Waals surface area contributed by atoms with E-state index in [2.05, 4.69) is 34.6 Å². The molecule has 0 radical (unpaired) electrons. The summed E-state index contributed by atoms with van der Waals surface area (Å²) in [6, 6.07) is 0. The highest BCUT2D eigenvalue weighted by Crippen LogP contribution is 2.18. The lowest BCUT2D eigenvalue weighted by Gasteiger charge is -2.24. The number of hydrogen-bond acceptors (Lipinski definition) is 4. The van der Waals surface area contributed by atoms with Crippen molar-refractivity contribution in [1.82, 2.24) is 0 Å². The Balaban J connectivity index is 3.36. The average molecular weight is 525 g/mol. The van der Waals surface area contributed by atoms with Crippen molar-refractivity contribution >= 4 is 11.9 Å². The molecule has 0 fully saturated rings. The topological polar surface area (TPSA) is 52.6 Å². The van der Waals surface area contributed by atoms with Crippen molar-refractivity contribution in [3.05, 3.63) is 0 Å². The van der Waals surface area contributed by atoms with E-state index in [0.29, 0.717) is 31.3 Å². The monoisotopic (exact) mass is 524 g/mol. The van der Waals surface area contributed by atoms with Gasteiger partial charge in [0.25, 0.3) is 0 Å². The van der Waals surface area contributed by atoms with Gasteiger partial charge >= 0.3 is 11.9 Å². The van der Waals surface area contributed by atoms with E-state index in [9.17, 15) is 9.59 Å². The third-order valence-electron chi connectivity index (χ3n) is 7.35. The van der Waals surface area contributed by atoms with Crippen LogP contribution >= 0.6 is 0 Å². The maximum atomic E-state index is 12.0. The van der Waals surface area contributed by atoms with Crippen molar-refractivity contribution in [2.45, 2.75) is 182 Å². The number of carbonyl (C=O) groups excluding carboxylic acids is 2. The molecule has 0 aliphatic carbocycles. The molecular weight excluding hydrogens is 460 g/mol. The van der Waals surface area contributed by atoms with Crippen molar-refractivity contribution in [3.63, 3.8) is 0 Å². The molecule has 220 valence electrons. The van der Waals surface area contributed by atoms with Gasteiger partial charge in [0.05, 0.1) is 6.61 Å². The van der Waals surface area contributed by atoms with E-state index in [-0.39, 0.29) is 18.0 Å². The van der Waals surface area contributed by atoms with Gasteiger partial charge in [-0.25, -0.2) is 0 Å². The lowest BCUT2D eigenvalue weighted by Crippen LogP contribution is -2.28. The van der Waals surface area contributed by atoms with E-state index in [1.165, 1.54) is 83.5 Å². The minimum Gasteiger partial charge on any atom is -0.466 e. The molecule has 0 saturated heterocycles. The van der Waals surface area contributed by atoms with Crippen LogP contribution in [-0.4, -0.2) is 24.6 Å². The van der Waals surface area contributed by atoms with Crippen LogP contribution in [0.2, 0.25) is 0 Å².